The second-order valence-corrected chi connectivity index (χ2v) is 9.63. The van der Waals surface area contributed by atoms with Crippen LogP contribution >= 0.6 is 11.6 Å². The number of aromatic nitrogens is 2. The number of carbonyl (C=O) groups excluding carboxylic acids is 1. The number of fused-ring (bicyclic) bond motifs is 1. The van der Waals surface area contributed by atoms with Crippen LogP contribution in [0.5, 0.6) is 11.5 Å². The van der Waals surface area contributed by atoms with E-state index in [0.29, 0.717) is 45.3 Å². The zero-order chi connectivity index (χ0) is 28.4. The Hall–Kier alpha value is -4.44. The monoisotopic (exact) mass is 567 g/mol. The topological polar surface area (TPSA) is 101 Å². The molecule has 1 atom stereocenters. The van der Waals surface area contributed by atoms with Crippen LogP contribution in [0.3, 0.4) is 0 Å². The highest BCUT2D eigenvalue weighted by Gasteiger charge is 2.30. The molecular formula is C29H21ClF3N3O4. The number of aliphatic carboxylic acids is 1. The fraction of sp³-hybridized carbons (Fsp3) is 0.172. The number of anilines is 1. The van der Waals surface area contributed by atoms with Crippen LogP contribution in [-0.4, -0.2) is 27.2 Å². The Morgan fingerprint density at radius 1 is 0.975 bits per heavy atom. The van der Waals surface area contributed by atoms with Gasteiger partial charge in [0.15, 0.2) is 5.82 Å². The molecule has 40 heavy (non-hydrogen) atoms. The summed E-state index contributed by atoms with van der Waals surface area (Å²) in [6.07, 6.45) is -2.36. The molecule has 1 heterocycles. The number of carbonyl (C=O) groups is 2. The van der Waals surface area contributed by atoms with Gasteiger partial charge in [-0.05, 0) is 91.1 Å². The number of hydrogen-bond donors (Lipinski definition) is 2. The van der Waals surface area contributed by atoms with Gasteiger partial charge >= 0.3 is 12.1 Å². The number of amides is 1. The maximum Gasteiger partial charge on any atom is 0.416 e. The van der Waals surface area contributed by atoms with Crippen LogP contribution in [0.25, 0.3) is 11.3 Å². The smallest absolute Gasteiger partial charge is 0.416 e. The van der Waals surface area contributed by atoms with Crippen molar-refractivity contribution in [3.8, 4) is 22.8 Å². The van der Waals surface area contributed by atoms with E-state index < -0.39 is 29.5 Å². The normalized spacial score (nSPS) is 14.8. The Bertz CT molecular complexity index is 1560. The standard InChI is InChI=1S/C29H21ClF3N3O4/c30-23-15-22-18(2-1-3-21(22)28(38)39)14-25(23)40-20-10-6-17(7-11-20)27(37)34-26-13-12-24(35-36-26)16-4-8-19(9-5-16)29(31,32)33/h4-15,21H,1-3H2,(H,38,39)(H,34,36,37). The first-order chi connectivity index (χ1) is 19.1. The second kappa shape index (κ2) is 11.0. The zero-order valence-electron chi connectivity index (χ0n) is 20.7. The average Bonchev–Trinajstić information content (AvgIpc) is 2.93. The molecule has 0 bridgehead atoms. The minimum atomic E-state index is -4.43. The van der Waals surface area contributed by atoms with E-state index in [2.05, 4.69) is 15.5 Å². The number of nitrogens with zero attached hydrogens (tertiary/aromatic N) is 2. The molecule has 1 aromatic heterocycles. The van der Waals surface area contributed by atoms with E-state index in [-0.39, 0.29) is 5.82 Å². The van der Waals surface area contributed by atoms with Crippen molar-refractivity contribution >= 4 is 29.3 Å². The maximum atomic E-state index is 12.8. The number of halogens is 4. The van der Waals surface area contributed by atoms with Gasteiger partial charge in [0.1, 0.15) is 11.5 Å². The summed E-state index contributed by atoms with van der Waals surface area (Å²) in [5.74, 6) is -0.910. The van der Waals surface area contributed by atoms with Gasteiger partial charge in [0.05, 0.1) is 22.2 Å². The van der Waals surface area contributed by atoms with E-state index >= 15 is 0 Å². The predicted octanol–water partition coefficient (Wildman–Crippen LogP) is 7.36. The number of aryl methyl sites for hydroxylation is 1. The van der Waals surface area contributed by atoms with E-state index in [1.165, 1.54) is 18.2 Å². The van der Waals surface area contributed by atoms with E-state index in [0.717, 1.165) is 30.5 Å². The molecule has 5 rings (SSSR count). The maximum absolute atomic E-state index is 12.8. The van der Waals surface area contributed by atoms with Crippen LogP contribution < -0.4 is 10.1 Å². The third-order valence-electron chi connectivity index (χ3n) is 6.56. The molecule has 0 radical (unpaired) electrons. The summed E-state index contributed by atoms with van der Waals surface area (Å²) in [5.41, 5.74) is 1.96. The van der Waals surface area contributed by atoms with Gasteiger partial charge in [0.2, 0.25) is 0 Å². The molecule has 1 aliphatic carbocycles. The summed E-state index contributed by atoms with van der Waals surface area (Å²) in [6.45, 7) is 0. The minimum Gasteiger partial charge on any atom is -0.481 e. The second-order valence-electron chi connectivity index (χ2n) is 9.22. The highest BCUT2D eigenvalue weighted by molar-refractivity contribution is 6.32. The molecule has 3 aromatic carbocycles. The fourth-order valence-corrected chi connectivity index (χ4v) is 4.72. The molecule has 1 aliphatic rings. The zero-order valence-corrected chi connectivity index (χ0v) is 21.5. The number of carboxylic acid groups (broad SMARTS) is 1. The van der Waals surface area contributed by atoms with Crippen LogP contribution in [0.4, 0.5) is 19.0 Å². The SMILES string of the molecule is O=C(Nc1ccc(-c2ccc(C(F)(F)F)cc2)nn1)c1ccc(Oc2cc3c(cc2Cl)C(C(=O)O)CCC3)cc1. The van der Waals surface area contributed by atoms with Crippen molar-refractivity contribution in [2.45, 2.75) is 31.4 Å². The summed E-state index contributed by atoms with van der Waals surface area (Å²) in [6, 6.07) is 17.3. The van der Waals surface area contributed by atoms with Crippen molar-refractivity contribution in [3.05, 3.63) is 100 Å². The van der Waals surface area contributed by atoms with Gasteiger partial charge in [-0.25, -0.2) is 0 Å². The van der Waals surface area contributed by atoms with Crippen molar-refractivity contribution in [3.63, 3.8) is 0 Å². The molecule has 7 nitrogen and oxygen atoms in total. The molecular weight excluding hydrogens is 547 g/mol. The average molecular weight is 568 g/mol. The van der Waals surface area contributed by atoms with Gasteiger partial charge in [0, 0.05) is 11.1 Å². The van der Waals surface area contributed by atoms with Gasteiger partial charge in [-0.2, -0.15) is 13.2 Å². The number of carboxylic acids is 1. The van der Waals surface area contributed by atoms with Gasteiger partial charge in [-0.3, -0.25) is 9.59 Å². The Labute approximate surface area is 231 Å². The number of rotatable bonds is 6. The third kappa shape index (κ3) is 5.91. The quantitative estimate of drug-likeness (QED) is 0.252. The molecule has 1 amide bonds. The van der Waals surface area contributed by atoms with Crippen molar-refractivity contribution in [2.24, 2.45) is 0 Å². The summed E-state index contributed by atoms with van der Waals surface area (Å²) < 4.78 is 44.2. The van der Waals surface area contributed by atoms with E-state index in [1.807, 2.05) is 0 Å². The third-order valence-corrected chi connectivity index (χ3v) is 6.86. The Morgan fingerprint density at radius 2 is 1.70 bits per heavy atom. The first-order valence-electron chi connectivity index (χ1n) is 12.2. The highest BCUT2D eigenvalue weighted by atomic mass is 35.5. The lowest BCUT2D eigenvalue weighted by Crippen LogP contribution is -2.18. The van der Waals surface area contributed by atoms with Crippen LogP contribution in [0.2, 0.25) is 5.02 Å². The lowest BCUT2D eigenvalue weighted by molar-refractivity contribution is -0.139. The Kier molecular flexibility index (Phi) is 7.44. The lowest BCUT2D eigenvalue weighted by Gasteiger charge is -2.23. The van der Waals surface area contributed by atoms with Crippen LogP contribution in [0.15, 0.2) is 72.8 Å². The first kappa shape index (κ1) is 27.1. The number of hydrogen-bond acceptors (Lipinski definition) is 5. The van der Waals surface area contributed by atoms with E-state index in [1.54, 1.807) is 42.5 Å². The van der Waals surface area contributed by atoms with Crippen molar-refractivity contribution in [2.75, 3.05) is 5.32 Å². The molecule has 4 aromatic rings. The van der Waals surface area contributed by atoms with Crippen LogP contribution in [0.1, 0.15) is 45.8 Å². The van der Waals surface area contributed by atoms with Gasteiger partial charge in [-0.1, -0.05) is 23.7 Å². The minimum absolute atomic E-state index is 0.168. The summed E-state index contributed by atoms with van der Waals surface area (Å²) in [4.78, 5) is 24.2. The van der Waals surface area contributed by atoms with Gasteiger partial charge < -0.3 is 15.2 Å². The molecule has 0 spiro atoms. The first-order valence-corrected chi connectivity index (χ1v) is 12.6. The van der Waals surface area contributed by atoms with Crippen molar-refractivity contribution < 1.29 is 32.6 Å². The molecule has 11 heteroatoms. The largest absolute Gasteiger partial charge is 0.481 e. The summed E-state index contributed by atoms with van der Waals surface area (Å²) in [7, 11) is 0. The molecule has 0 saturated heterocycles. The highest BCUT2D eigenvalue weighted by Crippen LogP contribution is 2.39. The van der Waals surface area contributed by atoms with E-state index in [4.69, 9.17) is 16.3 Å². The number of benzene rings is 3. The Balaban J connectivity index is 1.23. The number of alkyl halides is 3. The predicted molar refractivity (Wildman–Crippen MR) is 142 cm³/mol. The lowest BCUT2D eigenvalue weighted by atomic mass is 9.83. The fourth-order valence-electron chi connectivity index (χ4n) is 4.51. The van der Waals surface area contributed by atoms with Crippen molar-refractivity contribution in [1.29, 1.82) is 0 Å². The van der Waals surface area contributed by atoms with Crippen molar-refractivity contribution in [1.82, 2.24) is 10.2 Å². The van der Waals surface area contributed by atoms with Crippen LogP contribution in [-0.2, 0) is 17.4 Å². The van der Waals surface area contributed by atoms with E-state index in [9.17, 15) is 27.9 Å². The van der Waals surface area contributed by atoms with Gasteiger partial charge in [-0.15, -0.1) is 10.2 Å². The molecule has 1 unspecified atom stereocenters. The summed E-state index contributed by atoms with van der Waals surface area (Å²) >= 11 is 6.39. The molecule has 204 valence electrons. The molecule has 0 aliphatic heterocycles. The number of nitrogens with one attached hydrogen (secondary N) is 1. The van der Waals surface area contributed by atoms with Crippen LogP contribution in [0, 0.1) is 0 Å². The molecule has 0 fully saturated rings. The number of ether oxygens (including phenoxy) is 1. The van der Waals surface area contributed by atoms with Gasteiger partial charge in [0.25, 0.3) is 5.91 Å². The summed E-state index contributed by atoms with van der Waals surface area (Å²) in [5, 5.41) is 20.3. The molecule has 2 N–H and O–H groups in total. The Morgan fingerprint density at radius 3 is 2.33 bits per heavy atom. The molecule has 0 saturated carbocycles.